The molecule has 1 heterocycles. The number of carbonyl (C=O) groups excluding carboxylic acids is 1. The summed E-state index contributed by atoms with van der Waals surface area (Å²) >= 11 is 0. The number of aryl methyl sites for hydroxylation is 1. The summed E-state index contributed by atoms with van der Waals surface area (Å²) in [6, 6.07) is 0. The van der Waals surface area contributed by atoms with E-state index in [1.165, 1.54) is 12.8 Å². The molecular formula is C15H23N3O3. The topological polar surface area (TPSA) is 87.2 Å². The van der Waals surface area contributed by atoms with Gasteiger partial charge in [-0.15, -0.1) is 0 Å². The highest BCUT2D eigenvalue weighted by atomic mass is 16.5. The Morgan fingerprint density at radius 1 is 1.43 bits per heavy atom. The van der Waals surface area contributed by atoms with Crippen molar-refractivity contribution in [2.24, 2.45) is 5.92 Å². The molecule has 2 aliphatic rings. The summed E-state index contributed by atoms with van der Waals surface area (Å²) in [7, 11) is 0. The average molecular weight is 293 g/mol. The van der Waals surface area contributed by atoms with E-state index < -0.39 is 6.10 Å². The van der Waals surface area contributed by atoms with Crippen LogP contribution in [0.15, 0.2) is 0 Å². The molecule has 1 aromatic heterocycles. The molecule has 1 atom stereocenters. The molecule has 0 radical (unpaired) electrons. The third-order valence-electron chi connectivity index (χ3n) is 4.13. The first-order valence-corrected chi connectivity index (χ1v) is 7.84. The summed E-state index contributed by atoms with van der Waals surface area (Å²) in [4.78, 5) is 12.1. The maximum atomic E-state index is 12.1. The minimum absolute atomic E-state index is 0.200. The molecule has 3 N–H and O–H groups in total. The maximum Gasteiger partial charge on any atom is 0.272 e. The average Bonchev–Trinajstić information content (AvgIpc) is 3.21. The Morgan fingerprint density at radius 2 is 2.24 bits per heavy atom. The molecule has 2 aliphatic carbocycles. The smallest absolute Gasteiger partial charge is 0.272 e. The Labute approximate surface area is 124 Å². The van der Waals surface area contributed by atoms with E-state index >= 15 is 0 Å². The van der Waals surface area contributed by atoms with Gasteiger partial charge in [-0.3, -0.25) is 9.89 Å². The number of aromatic nitrogens is 2. The zero-order valence-corrected chi connectivity index (χ0v) is 12.2. The zero-order valence-electron chi connectivity index (χ0n) is 12.2. The Kier molecular flexibility index (Phi) is 4.55. The van der Waals surface area contributed by atoms with Gasteiger partial charge in [0.15, 0.2) is 5.69 Å². The van der Waals surface area contributed by atoms with Crippen molar-refractivity contribution in [3.63, 3.8) is 0 Å². The van der Waals surface area contributed by atoms with Crippen LogP contribution in [-0.2, 0) is 17.6 Å². The lowest BCUT2D eigenvalue weighted by molar-refractivity contribution is 0.0320. The quantitative estimate of drug-likeness (QED) is 0.694. The van der Waals surface area contributed by atoms with Gasteiger partial charge in [-0.25, -0.2) is 0 Å². The third kappa shape index (κ3) is 3.83. The summed E-state index contributed by atoms with van der Waals surface area (Å²) in [5.74, 6) is 0.470. The second-order valence-corrected chi connectivity index (χ2v) is 6.08. The number of carbonyl (C=O) groups is 1. The standard InChI is InChI=1S/C15H23N3O3/c19-11(9-21-8-10-5-6-10)7-16-15(20)14-12-3-1-2-4-13(12)17-18-14/h10-11,19H,1-9H2,(H,16,20)(H,17,18). The first-order chi connectivity index (χ1) is 10.2. The highest BCUT2D eigenvalue weighted by Crippen LogP contribution is 2.28. The lowest BCUT2D eigenvalue weighted by Gasteiger charge is -2.13. The SMILES string of the molecule is O=C(NCC(O)COCC1CC1)c1n[nH]c2c1CCCC2. The van der Waals surface area contributed by atoms with Gasteiger partial charge < -0.3 is 15.2 Å². The van der Waals surface area contributed by atoms with E-state index in [1.807, 2.05) is 0 Å². The molecule has 1 aromatic rings. The number of fused-ring (bicyclic) bond motifs is 1. The van der Waals surface area contributed by atoms with Crippen molar-refractivity contribution >= 4 is 5.91 Å². The largest absolute Gasteiger partial charge is 0.389 e. The van der Waals surface area contributed by atoms with Gasteiger partial charge in [0, 0.05) is 24.4 Å². The summed E-state index contributed by atoms with van der Waals surface area (Å²) in [5, 5.41) is 19.6. The van der Waals surface area contributed by atoms with Gasteiger partial charge in [-0.1, -0.05) is 0 Å². The van der Waals surface area contributed by atoms with E-state index in [1.54, 1.807) is 0 Å². The fraction of sp³-hybridized carbons (Fsp3) is 0.733. The van der Waals surface area contributed by atoms with Crippen LogP contribution < -0.4 is 5.32 Å². The Hall–Kier alpha value is -1.40. The number of ether oxygens (including phenoxy) is 1. The number of nitrogens with one attached hydrogen (secondary N) is 2. The molecule has 1 saturated carbocycles. The van der Waals surface area contributed by atoms with Crippen LogP contribution in [0.1, 0.15) is 47.4 Å². The second-order valence-electron chi connectivity index (χ2n) is 6.08. The normalized spacial score (nSPS) is 19.1. The lowest BCUT2D eigenvalue weighted by Crippen LogP contribution is -2.35. The Balaban J connectivity index is 1.43. The predicted octanol–water partition coefficient (Wildman–Crippen LogP) is 0.806. The molecular weight excluding hydrogens is 270 g/mol. The number of aromatic amines is 1. The van der Waals surface area contributed by atoms with Crippen LogP contribution in [0.25, 0.3) is 0 Å². The number of aliphatic hydroxyl groups is 1. The second kappa shape index (κ2) is 6.58. The van der Waals surface area contributed by atoms with Gasteiger partial charge in [0.25, 0.3) is 5.91 Å². The van der Waals surface area contributed by atoms with E-state index in [0.717, 1.165) is 43.5 Å². The molecule has 3 rings (SSSR count). The highest BCUT2D eigenvalue weighted by molar-refractivity contribution is 5.94. The van der Waals surface area contributed by atoms with E-state index in [4.69, 9.17) is 4.74 Å². The zero-order chi connectivity index (χ0) is 14.7. The molecule has 1 fully saturated rings. The fourth-order valence-electron chi connectivity index (χ4n) is 2.68. The number of amides is 1. The van der Waals surface area contributed by atoms with Crippen LogP contribution in [0.2, 0.25) is 0 Å². The molecule has 0 aromatic carbocycles. The predicted molar refractivity (Wildman–Crippen MR) is 77.1 cm³/mol. The molecule has 1 unspecified atom stereocenters. The first kappa shape index (κ1) is 14.5. The number of hydrogen-bond acceptors (Lipinski definition) is 4. The summed E-state index contributed by atoms with van der Waals surface area (Å²) < 4.78 is 5.41. The van der Waals surface area contributed by atoms with E-state index in [-0.39, 0.29) is 19.1 Å². The highest BCUT2D eigenvalue weighted by Gasteiger charge is 2.23. The molecule has 21 heavy (non-hydrogen) atoms. The fourth-order valence-corrected chi connectivity index (χ4v) is 2.68. The number of aliphatic hydroxyl groups excluding tert-OH is 1. The van der Waals surface area contributed by atoms with Gasteiger partial charge in [0.2, 0.25) is 0 Å². The van der Waals surface area contributed by atoms with Gasteiger partial charge in [0.1, 0.15) is 0 Å². The van der Waals surface area contributed by atoms with Crippen LogP contribution >= 0.6 is 0 Å². The number of nitrogens with zero attached hydrogens (tertiary/aromatic N) is 1. The van der Waals surface area contributed by atoms with Gasteiger partial charge >= 0.3 is 0 Å². The molecule has 0 aliphatic heterocycles. The van der Waals surface area contributed by atoms with E-state index in [0.29, 0.717) is 11.6 Å². The van der Waals surface area contributed by atoms with E-state index in [2.05, 4.69) is 15.5 Å². The minimum atomic E-state index is -0.664. The van der Waals surface area contributed by atoms with Crippen molar-refractivity contribution in [3.05, 3.63) is 17.0 Å². The van der Waals surface area contributed by atoms with Crippen LogP contribution in [-0.4, -0.2) is 47.1 Å². The molecule has 6 nitrogen and oxygen atoms in total. The van der Waals surface area contributed by atoms with Crippen molar-refractivity contribution in [1.82, 2.24) is 15.5 Å². The molecule has 0 spiro atoms. The van der Waals surface area contributed by atoms with Crippen molar-refractivity contribution in [1.29, 1.82) is 0 Å². The van der Waals surface area contributed by atoms with Crippen molar-refractivity contribution in [3.8, 4) is 0 Å². The Morgan fingerprint density at radius 3 is 3.05 bits per heavy atom. The number of H-pyrrole nitrogens is 1. The van der Waals surface area contributed by atoms with Crippen molar-refractivity contribution < 1.29 is 14.6 Å². The van der Waals surface area contributed by atoms with Crippen LogP contribution in [0.5, 0.6) is 0 Å². The first-order valence-electron chi connectivity index (χ1n) is 7.84. The summed E-state index contributed by atoms with van der Waals surface area (Å²) in [5.41, 5.74) is 2.61. The molecule has 0 saturated heterocycles. The number of hydrogen-bond donors (Lipinski definition) is 3. The third-order valence-corrected chi connectivity index (χ3v) is 4.13. The molecule has 1 amide bonds. The van der Waals surface area contributed by atoms with Gasteiger partial charge in [-0.2, -0.15) is 5.10 Å². The lowest BCUT2D eigenvalue weighted by atomic mass is 9.96. The van der Waals surface area contributed by atoms with Crippen molar-refractivity contribution in [2.75, 3.05) is 19.8 Å². The van der Waals surface area contributed by atoms with Crippen LogP contribution in [0.3, 0.4) is 0 Å². The van der Waals surface area contributed by atoms with Crippen LogP contribution in [0.4, 0.5) is 0 Å². The maximum absolute atomic E-state index is 12.1. The van der Waals surface area contributed by atoms with Gasteiger partial charge in [-0.05, 0) is 44.4 Å². The molecule has 116 valence electrons. The molecule has 0 bridgehead atoms. The monoisotopic (exact) mass is 293 g/mol. The van der Waals surface area contributed by atoms with Crippen LogP contribution in [0, 0.1) is 5.92 Å². The minimum Gasteiger partial charge on any atom is -0.389 e. The summed E-state index contributed by atoms with van der Waals surface area (Å²) in [6.07, 6.45) is 5.92. The Bertz CT molecular complexity index is 496. The molecule has 6 heteroatoms. The van der Waals surface area contributed by atoms with E-state index in [9.17, 15) is 9.90 Å². The number of rotatable bonds is 7. The van der Waals surface area contributed by atoms with Gasteiger partial charge in [0.05, 0.1) is 12.7 Å². The summed E-state index contributed by atoms with van der Waals surface area (Å²) in [6.45, 7) is 1.19. The van der Waals surface area contributed by atoms with Crippen molar-refractivity contribution in [2.45, 2.75) is 44.6 Å².